The highest BCUT2D eigenvalue weighted by Crippen LogP contribution is 2.11. The lowest BCUT2D eigenvalue weighted by Gasteiger charge is -2.18. The molecule has 2 atom stereocenters. The van der Waals surface area contributed by atoms with Crippen LogP contribution in [0.2, 0.25) is 0 Å². The summed E-state index contributed by atoms with van der Waals surface area (Å²) in [6, 6.07) is 5.42. The van der Waals surface area contributed by atoms with Crippen molar-refractivity contribution in [3.05, 3.63) is 86.4 Å². The lowest BCUT2D eigenvalue weighted by atomic mass is 10.1. The molecule has 10 nitrogen and oxygen atoms in total. The minimum Gasteiger partial charge on any atom is -0.498 e. The fraction of sp³-hybridized carbons (Fsp3) is 0.250. The third-order valence-electron chi connectivity index (χ3n) is 3.86. The minimum absolute atomic E-state index is 0.0886. The average molecular weight is 474 g/mol. The summed E-state index contributed by atoms with van der Waals surface area (Å²) in [5.41, 5.74) is 0.253. The third kappa shape index (κ3) is 10.3. The minimum atomic E-state index is -0.900. The molecule has 0 aliphatic rings. The fourth-order valence-corrected chi connectivity index (χ4v) is 2.23. The van der Waals surface area contributed by atoms with Crippen LogP contribution in [0.5, 0.6) is 0 Å². The summed E-state index contributed by atoms with van der Waals surface area (Å²) >= 11 is 0. The molecule has 34 heavy (non-hydrogen) atoms. The zero-order chi connectivity index (χ0) is 25.3. The number of carbonyl (C=O) groups is 4. The summed E-state index contributed by atoms with van der Waals surface area (Å²) in [5.74, 6) is -2.83. The monoisotopic (exact) mass is 474 g/mol. The van der Waals surface area contributed by atoms with Gasteiger partial charge in [0.1, 0.15) is 26.4 Å². The molecule has 0 spiro atoms. The van der Waals surface area contributed by atoms with E-state index in [-0.39, 0.29) is 37.6 Å². The SMILES string of the molecule is C=COCC(COC(=O)C=C)OC(=O)c1ccc(C(=O)OC(COC=C)COC(=O)C=C)cc1. The van der Waals surface area contributed by atoms with Crippen LogP contribution < -0.4 is 0 Å². The van der Waals surface area contributed by atoms with E-state index in [0.29, 0.717) is 0 Å². The molecule has 0 heterocycles. The number of rotatable bonds is 16. The Morgan fingerprint density at radius 3 is 1.29 bits per heavy atom. The second kappa shape index (κ2) is 15.5. The van der Waals surface area contributed by atoms with Gasteiger partial charge in [-0.25, -0.2) is 19.2 Å². The van der Waals surface area contributed by atoms with Gasteiger partial charge in [-0.2, -0.15) is 0 Å². The van der Waals surface area contributed by atoms with Crippen molar-refractivity contribution >= 4 is 23.9 Å². The highest BCUT2D eigenvalue weighted by atomic mass is 16.6. The Morgan fingerprint density at radius 2 is 1.00 bits per heavy atom. The molecule has 1 rings (SSSR count). The topological polar surface area (TPSA) is 124 Å². The van der Waals surface area contributed by atoms with Gasteiger partial charge >= 0.3 is 23.9 Å². The van der Waals surface area contributed by atoms with Gasteiger partial charge in [0.2, 0.25) is 0 Å². The van der Waals surface area contributed by atoms with Crippen LogP contribution in [-0.2, 0) is 38.0 Å². The Hall–Kier alpha value is -4.34. The number of carbonyl (C=O) groups excluding carboxylic acids is 4. The van der Waals surface area contributed by atoms with E-state index in [9.17, 15) is 19.2 Å². The molecule has 0 N–H and O–H groups in total. The second-order valence-corrected chi connectivity index (χ2v) is 6.30. The molecule has 0 aliphatic carbocycles. The van der Waals surface area contributed by atoms with E-state index in [1.54, 1.807) is 0 Å². The summed E-state index contributed by atoms with van der Waals surface area (Å²) in [4.78, 5) is 47.3. The standard InChI is InChI=1S/C24H26O10/c1-5-21(25)31-15-19(13-29-7-3)33-23(27)17-9-11-18(12-10-17)24(28)34-20(14-30-8-4)16-32-22(26)6-2/h5-12,19-20H,1-4,13-16H2. The van der Waals surface area contributed by atoms with Crippen LogP contribution in [0.4, 0.5) is 0 Å². The number of benzene rings is 1. The number of esters is 4. The zero-order valence-corrected chi connectivity index (χ0v) is 18.5. The summed E-state index contributed by atoms with van der Waals surface area (Å²) in [7, 11) is 0. The molecule has 1 aromatic rings. The Labute approximate surface area is 197 Å². The molecule has 2 unspecified atom stereocenters. The van der Waals surface area contributed by atoms with Crippen molar-refractivity contribution in [1.29, 1.82) is 0 Å². The number of ether oxygens (including phenoxy) is 6. The van der Waals surface area contributed by atoms with Gasteiger partial charge in [-0.3, -0.25) is 0 Å². The molecule has 182 valence electrons. The highest BCUT2D eigenvalue weighted by molar-refractivity contribution is 5.93. The van der Waals surface area contributed by atoms with Gasteiger partial charge in [0.25, 0.3) is 0 Å². The van der Waals surface area contributed by atoms with Crippen LogP contribution in [0.1, 0.15) is 20.7 Å². The van der Waals surface area contributed by atoms with Crippen molar-refractivity contribution in [2.45, 2.75) is 12.2 Å². The van der Waals surface area contributed by atoms with Crippen molar-refractivity contribution in [1.82, 2.24) is 0 Å². The average Bonchev–Trinajstić information content (AvgIpc) is 2.86. The van der Waals surface area contributed by atoms with Crippen LogP contribution in [0.3, 0.4) is 0 Å². The zero-order valence-electron chi connectivity index (χ0n) is 18.5. The van der Waals surface area contributed by atoms with Crippen molar-refractivity contribution in [2.24, 2.45) is 0 Å². The molecule has 0 fully saturated rings. The first-order valence-corrected chi connectivity index (χ1v) is 9.90. The third-order valence-corrected chi connectivity index (χ3v) is 3.86. The normalized spacial score (nSPS) is 11.5. The first-order chi connectivity index (χ1) is 16.3. The van der Waals surface area contributed by atoms with Crippen LogP contribution >= 0.6 is 0 Å². The van der Waals surface area contributed by atoms with E-state index < -0.39 is 36.1 Å². The maximum atomic E-state index is 12.4. The fourth-order valence-electron chi connectivity index (χ4n) is 2.23. The van der Waals surface area contributed by atoms with Gasteiger partial charge in [-0.05, 0) is 24.3 Å². The molecule has 10 heteroatoms. The number of hydrogen-bond donors (Lipinski definition) is 0. The Morgan fingerprint density at radius 1 is 0.647 bits per heavy atom. The molecule has 0 aliphatic heterocycles. The molecular weight excluding hydrogens is 448 g/mol. The van der Waals surface area contributed by atoms with E-state index in [0.717, 1.165) is 24.7 Å². The van der Waals surface area contributed by atoms with Crippen LogP contribution in [0.15, 0.2) is 75.3 Å². The lowest BCUT2D eigenvalue weighted by Crippen LogP contribution is -2.29. The summed E-state index contributed by atoms with van der Waals surface area (Å²) < 4.78 is 30.4. The molecule has 1 aromatic carbocycles. The summed E-state index contributed by atoms with van der Waals surface area (Å²) in [5, 5.41) is 0. The van der Waals surface area contributed by atoms with Gasteiger partial charge < -0.3 is 28.4 Å². The van der Waals surface area contributed by atoms with Crippen LogP contribution in [0.25, 0.3) is 0 Å². The van der Waals surface area contributed by atoms with E-state index in [2.05, 4.69) is 26.3 Å². The van der Waals surface area contributed by atoms with E-state index in [1.165, 1.54) is 24.3 Å². The molecule has 0 aromatic heterocycles. The smallest absolute Gasteiger partial charge is 0.338 e. The summed E-state index contributed by atoms with van der Waals surface area (Å²) in [6.07, 6.45) is 2.46. The van der Waals surface area contributed by atoms with Crippen molar-refractivity contribution < 1.29 is 47.6 Å². The predicted molar refractivity (Wildman–Crippen MR) is 119 cm³/mol. The van der Waals surface area contributed by atoms with Gasteiger partial charge in [0.05, 0.1) is 23.7 Å². The molecule has 0 bridgehead atoms. The van der Waals surface area contributed by atoms with Crippen LogP contribution in [0, 0.1) is 0 Å². The van der Waals surface area contributed by atoms with Gasteiger partial charge in [0.15, 0.2) is 12.2 Å². The molecule has 0 saturated heterocycles. The number of hydrogen-bond acceptors (Lipinski definition) is 10. The van der Waals surface area contributed by atoms with Crippen molar-refractivity contribution in [3.8, 4) is 0 Å². The molecule has 0 amide bonds. The summed E-state index contributed by atoms with van der Waals surface area (Å²) in [6.45, 7) is 12.7. The molecular formula is C24H26O10. The van der Waals surface area contributed by atoms with Crippen molar-refractivity contribution in [2.75, 3.05) is 26.4 Å². The highest BCUT2D eigenvalue weighted by Gasteiger charge is 2.21. The van der Waals surface area contributed by atoms with Gasteiger partial charge in [0, 0.05) is 12.2 Å². The maximum Gasteiger partial charge on any atom is 0.338 e. The molecule has 0 radical (unpaired) electrons. The van der Waals surface area contributed by atoms with E-state index in [4.69, 9.17) is 28.4 Å². The van der Waals surface area contributed by atoms with Crippen molar-refractivity contribution in [3.63, 3.8) is 0 Å². The Balaban J connectivity index is 2.77. The van der Waals surface area contributed by atoms with Crippen LogP contribution in [-0.4, -0.2) is 62.5 Å². The molecule has 0 saturated carbocycles. The van der Waals surface area contributed by atoms with E-state index in [1.807, 2.05) is 0 Å². The maximum absolute atomic E-state index is 12.4. The predicted octanol–water partition coefficient (Wildman–Crippen LogP) is 2.52. The van der Waals surface area contributed by atoms with Gasteiger partial charge in [-0.15, -0.1) is 0 Å². The van der Waals surface area contributed by atoms with E-state index >= 15 is 0 Å². The first-order valence-electron chi connectivity index (χ1n) is 9.90. The largest absolute Gasteiger partial charge is 0.498 e. The van der Waals surface area contributed by atoms with Gasteiger partial charge in [-0.1, -0.05) is 26.3 Å². The lowest BCUT2D eigenvalue weighted by molar-refractivity contribution is -0.142. The first kappa shape index (κ1) is 27.7. The Kier molecular flexibility index (Phi) is 12.6. The Bertz CT molecular complexity index is 815. The quantitative estimate of drug-likeness (QED) is 0.153. The second-order valence-electron chi connectivity index (χ2n) is 6.30.